The third-order valence-corrected chi connectivity index (χ3v) is 2.34. The molecule has 0 aliphatic heterocycles. The number of rotatable bonds is 4. The summed E-state index contributed by atoms with van der Waals surface area (Å²) in [5.41, 5.74) is 0.763. The molecule has 1 rings (SSSR count). The van der Waals surface area contributed by atoms with Gasteiger partial charge >= 0.3 is 6.03 Å². The van der Waals surface area contributed by atoms with Gasteiger partial charge in [-0.3, -0.25) is 10.1 Å². The lowest BCUT2D eigenvalue weighted by Crippen LogP contribution is -2.34. The fourth-order valence-electron chi connectivity index (χ4n) is 1.29. The predicted molar refractivity (Wildman–Crippen MR) is 70.2 cm³/mol. The number of anilines is 1. The van der Waals surface area contributed by atoms with Crippen LogP contribution >= 0.6 is 11.6 Å². The van der Waals surface area contributed by atoms with Crippen LogP contribution in [0.3, 0.4) is 0 Å². The van der Waals surface area contributed by atoms with E-state index in [0.29, 0.717) is 17.0 Å². The molecule has 0 bridgehead atoms. The van der Waals surface area contributed by atoms with Crippen LogP contribution in [0.25, 0.3) is 0 Å². The smallest absolute Gasteiger partial charge is 0.325 e. The van der Waals surface area contributed by atoms with Crippen molar-refractivity contribution in [1.82, 2.24) is 5.32 Å². The van der Waals surface area contributed by atoms with Crippen LogP contribution in [0.15, 0.2) is 18.2 Å². The van der Waals surface area contributed by atoms with Gasteiger partial charge in [0.2, 0.25) is 5.91 Å². The Kier molecular flexibility index (Phi) is 5.64. The molecule has 2 N–H and O–H groups in total. The number of nitriles is 1. The molecular weight excluding hydrogens is 270 g/mol. The second kappa shape index (κ2) is 7.24. The third kappa shape index (κ3) is 4.48. The van der Waals surface area contributed by atoms with Crippen molar-refractivity contribution in [2.75, 3.05) is 18.3 Å². The van der Waals surface area contributed by atoms with Crippen LogP contribution < -0.4 is 15.4 Å². The van der Waals surface area contributed by atoms with Crippen molar-refractivity contribution in [2.45, 2.75) is 6.42 Å². The second-order valence-electron chi connectivity index (χ2n) is 3.47. The number of carbonyl (C=O) groups excluding carboxylic acids is 2. The number of imide groups is 1. The number of alkyl halides is 1. The molecule has 0 radical (unpaired) electrons. The van der Waals surface area contributed by atoms with Crippen LogP contribution in [-0.2, 0) is 4.79 Å². The largest absolute Gasteiger partial charge is 0.495 e. The molecule has 100 valence electrons. The van der Waals surface area contributed by atoms with E-state index in [1.54, 1.807) is 0 Å². The highest BCUT2D eigenvalue weighted by molar-refractivity contribution is 6.19. The summed E-state index contributed by atoms with van der Waals surface area (Å²) in [4.78, 5) is 22.7. The number of benzene rings is 1. The summed E-state index contributed by atoms with van der Waals surface area (Å²) in [6.07, 6.45) is 0.0550. The van der Waals surface area contributed by atoms with E-state index in [4.69, 9.17) is 21.6 Å². The van der Waals surface area contributed by atoms with Crippen molar-refractivity contribution >= 4 is 29.2 Å². The van der Waals surface area contributed by atoms with E-state index in [1.807, 2.05) is 6.07 Å². The Hall–Kier alpha value is -2.26. The number of hydrogen-bond donors (Lipinski definition) is 2. The van der Waals surface area contributed by atoms with Gasteiger partial charge in [-0.1, -0.05) is 0 Å². The van der Waals surface area contributed by atoms with Gasteiger partial charge < -0.3 is 10.1 Å². The topological polar surface area (TPSA) is 91.2 Å². The van der Waals surface area contributed by atoms with E-state index in [2.05, 4.69) is 10.6 Å². The van der Waals surface area contributed by atoms with Crippen LogP contribution in [0, 0.1) is 11.3 Å². The highest BCUT2D eigenvalue weighted by Crippen LogP contribution is 2.25. The molecule has 0 aromatic heterocycles. The molecule has 6 nitrogen and oxygen atoms in total. The van der Waals surface area contributed by atoms with E-state index in [0.717, 1.165) is 0 Å². The molecule has 0 aliphatic carbocycles. The zero-order chi connectivity index (χ0) is 14.3. The first-order valence-electron chi connectivity index (χ1n) is 5.35. The van der Waals surface area contributed by atoms with Crippen LogP contribution in [0.5, 0.6) is 5.75 Å². The summed E-state index contributed by atoms with van der Waals surface area (Å²) < 4.78 is 5.04. The minimum Gasteiger partial charge on any atom is -0.495 e. The lowest BCUT2D eigenvalue weighted by molar-refractivity contribution is -0.119. The lowest BCUT2D eigenvalue weighted by Gasteiger charge is -2.10. The summed E-state index contributed by atoms with van der Waals surface area (Å²) in [6.45, 7) is 0. The Labute approximate surface area is 115 Å². The maximum absolute atomic E-state index is 11.5. The van der Waals surface area contributed by atoms with Gasteiger partial charge in [-0.05, 0) is 12.1 Å². The van der Waals surface area contributed by atoms with E-state index in [1.165, 1.54) is 25.3 Å². The average molecular weight is 282 g/mol. The highest BCUT2D eigenvalue weighted by Gasteiger charge is 2.10. The molecule has 0 spiro atoms. The van der Waals surface area contributed by atoms with Crippen LogP contribution in [0.1, 0.15) is 12.0 Å². The van der Waals surface area contributed by atoms with Crippen LogP contribution in [0.2, 0.25) is 0 Å². The van der Waals surface area contributed by atoms with Gasteiger partial charge in [0.05, 0.1) is 24.4 Å². The Balaban J connectivity index is 2.74. The van der Waals surface area contributed by atoms with E-state index < -0.39 is 11.9 Å². The van der Waals surface area contributed by atoms with Crippen molar-refractivity contribution in [3.05, 3.63) is 23.8 Å². The number of ether oxygens (including phenoxy) is 1. The quantitative estimate of drug-likeness (QED) is 0.824. The fraction of sp³-hybridized carbons (Fsp3) is 0.250. The molecule has 19 heavy (non-hydrogen) atoms. The summed E-state index contributed by atoms with van der Waals surface area (Å²) in [6, 6.07) is 5.80. The lowest BCUT2D eigenvalue weighted by atomic mass is 10.2. The van der Waals surface area contributed by atoms with E-state index in [-0.39, 0.29) is 12.3 Å². The van der Waals surface area contributed by atoms with Gasteiger partial charge in [0.1, 0.15) is 5.75 Å². The summed E-state index contributed by atoms with van der Waals surface area (Å²) in [7, 11) is 1.41. The number of methoxy groups -OCH3 is 1. The minimum absolute atomic E-state index is 0.0550. The van der Waals surface area contributed by atoms with Gasteiger partial charge in [0.25, 0.3) is 0 Å². The SMILES string of the molecule is COc1cc(C#N)ccc1NC(=O)NC(=O)CCCl. The number of amides is 3. The summed E-state index contributed by atoms with van der Waals surface area (Å²) in [5, 5.41) is 13.3. The molecule has 0 saturated heterocycles. The molecule has 0 saturated carbocycles. The molecule has 0 atom stereocenters. The zero-order valence-electron chi connectivity index (χ0n) is 10.2. The average Bonchev–Trinajstić information content (AvgIpc) is 2.39. The number of hydrogen-bond acceptors (Lipinski definition) is 4. The van der Waals surface area contributed by atoms with Gasteiger partial charge in [0.15, 0.2) is 0 Å². The first-order valence-corrected chi connectivity index (χ1v) is 5.89. The maximum Gasteiger partial charge on any atom is 0.325 e. The Morgan fingerprint density at radius 3 is 2.79 bits per heavy atom. The minimum atomic E-state index is -0.682. The van der Waals surface area contributed by atoms with E-state index in [9.17, 15) is 9.59 Å². The second-order valence-corrected chi connectivity index (χ2v) is 3.85. The third-order valence-electron chi connectivity index (χ3n) is 2.15. The molecule has 0 aliphatic rings. The molecule has 1 aromatic carbocycles. The van der Waals surface area contributed by atoms with Gasteiger partial charge in [-0.2, -0.15) is 5.26 Å². The molecule has 0 fully saturated rings. The molecule has 7 heteroatoms. The molecule has 3 amide bonds. The maximum atomic E-state index is 11.5. The van der Waals surface area contributed by atoms with Crippen molar-refractivity contribution in [1.29, 1.82) is 5.26 Å². The molecule has 1 aromatic rings. The van der Waals surface area contributed by atoms with E-state index >= 15 is 0 Å². The summed E-state index contributed by atoms with van der Waals surface area (Å²) in [5.74, 6) is -0.00152. The zero-order valence-corrected chi connectivity index (χ0v) is 11.0. The Morgan fingerprint density at radius 1 is 1.47 bits per heavy atom. The van der Waals surface area contributed by atoms with Crippen molar-refractivity contribution < 1.29 is 14.3 Å². The van der Waals surface area contributed by atoms with Crippen LogP contribution in [-0.4, -0.2) is 24.9 Å². The van der Waals surface area contributed by atoms with Crippen molar-refractivity contribution in [2.24, 2.45) is 0 Å². The normalized spacial score (nSPS) is 9.32. The summed E-state index contributed by atoms with van der Waals surface area (Å²) >= 11 is 5.38. The number of urea groups is 1. The standard InChI is InChI=1S/C12H12ClN3O3/c1-19-10-6-8(7-14)2-3-9(10)15-12(18)16-11(17)4-5-13/h2-3,6H,4-5H2,1H3,(H2,15,16,17,18). The molecule has 0 unspecified atom stereocenters. The molecular formula is C12H12ClN3O3. The number of nitrogens with one attached hydrogen (secondary N) is 2. The van der Waals surface area contributed by atoms with Gasteiger partial charge in [-0.15, -0.1) is 11.6 Å². The van der Waals surface area contributed by atoms with Gasteiger partial charge in [-0.25, -0.2) is 4.79 Å². The van der Waals surface area contributed by atoms with Crippen molar-refractivity contribution in [3.8, 4) is 11.8 Å². The highest BCUT2D eigenvalue weighted by atomic mass is 35.5. The Morgan fingerprint density at radius 2 is 2.21 bits per heavy atom. The number of nitrogens with zero attached hydrogens (tertiary/aromatic N) is 1. The predicted octanol–water partition coefficient (Wildman–Crippen LogP) is 1.84. The number of halogens is 1. The number of carbonyl (C=O) groups is 2. The first kappa shape index (κ1) is 14.8. The van der Waals surface area contributed by atoms with Gasteiger partial charge in [0, 0.05) is 18.4 Å². The Bertz CT molecular complexity index is 525. The van der Waals surface area contributed by atoms with Crippen LogP contribution in [0.4, 0.5) is 10.5 Å². The van der Waals surface area contributed by atoms with Crippen molar-refractivity contribution in [3.63, 3.8) is 0 Å². The molecule has 0 heterocycles. The monoisotopic (exact) mass is 281 g/mol. The first-order chi connectivity index (χ1) is 9.10. The fourth-order valence-corrected chi connectivity index (χ4v) is 1.46.